The van der Waals surface area contributed by atoms with Crippen LogP contribution in [0.4, 0.5) is 4.39 Å². The highest BCUT2D eigenvalue weighted by molar-refractivity contribution is 5.94. The summed E-state index contributed by atoms with van der Waals surface area (Å²) in [6.07, 6.45) is 8.80. The molecule has 0 spiro atoms. The smallest absolute Gasteiger partial charge is 0.290 e. The van der Waals surface area contributed by atoms with E-state index in [1.54, 1.807) is 24.3 Å². The molecule has 2 amide bonds. The fourth-order valence-electron chi connectivity index (χ4n) is 4.66. The Morgan fingerprint density at radius 3 is 2.50 bits per heavy atom. The van der Waals surface area contributed by atoms with E-state index in [9.17, 15) is 14.0 Å². The first-order valence-corrected chi connectivity index (χ1v) is 12.1. The average Bonchev–Trinajstić information content (AvgIpc) is 3.55. The number of hydrogen-bond acceptors (Lipinski definition) is 3. The minimum absolute atomic E-state index is 0.0191. The summed E-state index contributed by atoms with van der Waals surface area (Å²) in [5, 5.41) is 0. The van der Waals surface area contributed by atoms with Crippen LogP contribution in [0, 0.1) is 5.82 Å². The van der Waals surface area contributed by atoms with Gasteiger partial charge in [0.2, 0.25) is 5.91 Å². The Kier molecular flexibility index (Phi) is 7.83. The van der Waals surface area contributed by atoms with Gasteiger partial charge in [0.05, 0.1) is 12.8 Å². The van der Waals surface area contributed by atoms with Gasteiger partial charge < -0.3 is 18.8 Å². The van der Waals surface area contributed by atoms with E-state index in [-0.39, 0.29) is 36.0 Å². The summed E-state index contributed by atoms with van der Waals surface area (Å²) in [6.45, 7) is 3.39. The van der Waals surface area contributed by atoms with Gasteiger partial charge in [0.25, 0.3) is 5.91 Å². The number of nitrogens with zero attached hydrogens (tertiary/aromatic N) is 3. The minimum atomic E-state index is -0.274. The SMILES string of the molecule is CCN(CC(=O)N(Cc1cccn1Cc1ccc(F)cc1)C1CCCCC1)C(=O)c1ccco1. The van der Waals surface area contributed by atoms with Crippen molar-refractivity contribution in [2.24, 2.45) is 0 Å². The summed E-state index contributed by atoms with van der Waals surface area (Å²) in [7, 11) is 0. The topological polar surface area (TPSA) is 58.7 Å². The first kappa shape index (κ1) is 23.8. The number of likely N-dealkylation sites (N-methyl/N-ethyl adjacent to an activating group) is 1. The van der Waals surface area contributed by atoms with Gasteiger partial charge in [-0.1, -0.05) is 31.4 Å². The molecule has 1 aliphatic carbocycles. The Balaban J connectivity index is 1.51. The molecule has 1 fully saturated rings. The normalized spacial score (nSPS) is 14.2. The largest absolute Gasteiger partial charge is 0.459 e. The number of amides is 2. The molecule has 1 aliphatic rings. The molecule has 180 valence electrons. The van der Waals surface area contributed by atoms with E-state index in [0.717, 1.165) is 36.9 Å². The third-order valence-corrected chi connectivity index (χ3v) is 6.58. The first-order chi connectivity index (χ1) is 16.5. The highest BCUT2D eigenvalue weighted by Crippen LogP contribution is 2.25. The van der Waals surface area contributed by atoms with Crippen molar-refractivity contribution in [3.05, 3.63) is 83.8 Å². The second-order valence-electron chi connectivity index (χ2n) is 8.86. The monoisotopic (exact) mass is 465 g/mol. The number of carbonyl (C=O) groups is 2. The molecular formula is C27H32FN3O3. The van der Waals surface area contributed by atoms with Gasteiger partial charge in [-0.05, 0) is 61.7 Å². The Morgan fingerprint density at radius 1 is 1.06 bits per heavy atom. The van der Waals surface area contributed by atoms with Crippen molar-refractivity contribution in [1.29, 1.82) is 0 Å². The average molecular weight is 466 g/mol. The molecule has 0 saturated heterocycles. The number of halogens is 1. The fourth-order valence-corrected chi connectivity index (χ4v) is 4.66. The van der Waals surface area contributed by atoms with E-state index in [0.29, 0.717) is 19.6 Å². The standard InChI is InChI=1S/C27H32FN3O3/c1-2-29(27(33)25-11-7-17-34-25)20-26(32)31(23-8-4-3-5-9-23)19-24-10-6-16-30(24)18-21-12-14-22(28)15-13-21/h6-7,10-17,23H,2-5,8-9,18-20H2,1H3. The summed E-state index contributed by atoms with van der Waals surface area (Å²) in [5.41, 5.74) is 2.01. The summed E-state index contributed by atoms with van der Waals surface area (Å²) in [4.78, 5) is 29.9. The van der Waals surface area contributed by atoms with Gasteiger partial charge in [0, 0.05) is 31.0 Å². The lowest BCUT2D eigenvalue weighted by molar-refractivity contribution is -0.135. The molecule has 4 rings (SSSR count). The second kappa shape index (κ2) is 11.2. The molecule has 0 bridgehead atoms. The van der Waals surface area contributed by atoms with Gasteiger partial charge >= 0.3 is 0 Å². The van der Waals surface area contributed by atoms with Gasteiger partial charge in [0.1, 0.15) is 12.4 Å². The second-order valence-corrected chi connectivity index (χ2v) is 8.86. The van der Waals surface area contributed by atoms with E-state index in [4.69, 9.17) is 4.42 Å². The van der Waals surface area contributed by atoms with Gasteiger partial charge in [0.15, 0.2) is 5.76 Å². The zero-order chi connectivity index (χ0) is 23.9. The predicted molar refractivity (Wildman–Crippen MR) is 128 cm³/mol. The summed E-state index contributed by atoms with van der Waals surface area (Å²) < 4.78 is 20.7. The van der Waals surface area contributed by atoms with Crippen molar-refractivity contribution >= 4 is 11.8 Å². The minimum Gasteiger partial charge on any atom is -0.459 e. The van der Waals surface area contributed by atoms with Crippen LogP contribution in [0.25, 0.3) is 0 Å². The van der Waals surface area contributed by atoms with Gasteiger partial charge in [-0.3, -0.25) is 9.59 Å². The molecule has 0 aliphatic heterocycles. The molecule has 0 atom stereocenters. The summed E-state index contributed by atoms with van der Waals surface area (Å²) >= 11 is 0. The van der Waals surface area contributed by atoms with Crippen molar-refractivity contribution in [2.75, 3.05) is 13.1 Å². The van der Waals surface area contributed by atoms with Crippen LogP contribution in [0.5, 0.6) is 0 Å². The maximum absolute atomic E-state index is 13.6. The van der Waals surface area contributed by atoms with Crippen LogP contribution in [-0.2, 0) is 17.9 Å². The zero-order valence-electron chi connectivity index (χ0n) is 19.7. The maximum atomic E-state index is 13.6. The van der Waals surface area contributed by atoms with E-state index in [1.807, 2.05) is 30.2 Å². The van der Waals surface area contributed by atoms with Crippen molar-refractivity contribution in [1.82, 2.24) is 14.4 Å². The fraction of sp³-hybridized carbons (Fsp3) is 0.407. The van der Waals surface area contributed by atoms with E-state index >= 15 is 0 Å². The quantitative estimate of drug-likeness (QED) is 0.442. The lowest BCUT2D eigenvalue weighted by atomic mass is 9.94. The molecule has 0 N–H and O–H groups in total. The molecule has 2 heterocycles. The van der Waals surface area contributed by atoms with Crippen molar-refractivity contribution in [3.63, 3.8) is 0 Å². The van der Waals surface area contributed by atoms with E-state index in [1.165, 1.54) is 29.7 Å². The van der Waals surface area contributed by atoms with Gasteiger partial charge in [-0.2, -0.15) is 0 Å². The number of hydrogen-bond donors (Lipinski definition) is 0. The van der Waals surface area contributed by atoms with Gasteiger partial charge in [-0.15, -0.1) is 0 Å². The van der Waals surface area contributed by atoms with Crippen LogP contribution in [0.3, 0.4) is 0 Å². The highest BCUT2D eigenvalue weighted by Gasteiger charge is 2.29. The van der Waals surface area contributed by atoms with Crippen LogP contribution in [0.15, 0.2) is 65.4 Å². The lowest BCUT2D eigenvalue weighted by Gasteiger charge is -2.36. The maximum Gasteiger partial charge on any atom is 0.290 e. The Hall–Kier alpha value is -3.35. The molecule has 1 saturated carbocycles. The van der Waals surface area contributed by atoms with Crippen LogP contribution >= 0.6 is 0 Å². The summed E-state index contributed by atoms with van der Waals surface area (Å²) in [5.74, 6) is -0.338. The van der Waals surface area contributed by atoms with Crippen LogP contribution in [-0.4, -0.2) is 45.3 Å². The lowest BCUT2D eigenvalue weighted by Crippen LogP contribution is -2.47. The number of carbonyl (C=O) groups excluding carboxylic acids is 2. The Bertz CT molecular complexity index is 1070. The molecular weight excluding hydrogens is 433 g/mol. The van der Waals surface area contributed by atoms with E-state index < -0.39 is 0 Å². The molecule has 3 aromatic rings. The Labute approximate surface area is 200 Å². The van der Waals surface area contributed by atoms with Crippen LogP contribution in [0.1, 0.15) is 60.8 Å². The Morgan fingerprint density at radius 2 is 1.82 bits per heavy atom. The summed E-state index contributed by atoms with van der Waals surface area (Å²) in [6, 6.07) is 13.9. The number of aromatic nitrogens is 1. The van der Waals surface area contributed by atoms with E-state index in [2.05, 4.69) is 4.57 Å². The molecule has 7 heteroatoms. The first-order valence-electron chi connectivity index (χ1n) is 12.1. The molecule has 1 aromatic carbocycles. The van der Waals surface area contributed by atoms with Crippen molar-refractivity contribution in [3.8, 4) is 0 Å². The number of rotatable bonds is 9. The molecule has 0 unspecified atom stereocenters. The molecule has 34 heavy (non-hydrogen) atoms. The molecule has 6 nitrogen and oxygen atoms in total. The predicted octanol–water partition coefficient (Wildman–Crippen LogP) is 5.09. The highest BCUT2D eigenvalue weighted by atomic mass is 19.1. The third kappa shape index (κ3) is 5.76. The molecule has 2 aromatic heterocycles. The zero-order valence-corrected chi connectivity index (χ0v) is 19.7. The van der Waals surface area contributed by atoms with Crippen LogP contribution < -0.4 is 0 Å². The third-order valence-electron chi connectivity index (χ3n) is 6.58. The number of benzene rings is 1. The number of furan rings is 1. The van der Waals surface area contributed by atoms with Crippen molar-refractivity contribution in [2.45, 2.75) is 58.2 Å². The molecule has 0 radical (unpaired) electrons. The van der Waals surface area contributed by atoms with Gasteiger partial charge in [-0.25, -0.2) is 4.39 Å². The van der Waals surface area contributed by atoms with Crippen molar-refractivity contribution < 1.29 is 18.4 Å². The van der Waals surface area contributed by atoms with Crippen LogP contribution in [0.2, 0.25) is 0 Å².